The Morgan fingerprint density at radius 1 is 1.12 bits per heavy atom. The molecule has 24 heavy (non-hydrogen) atoms. The molecule has 3 aliphatic rings. The van der Waals surface area contributed by atoms with Crippen molar-refractivity contribution in [2.24, 2.45) is 0 Å². The third-order valence-electron chi connectivity index (χ3n) is 5.87. The molecule has 1 N–H and O–H groups in total. The molecule has 1 aromatic carbocycles. The standard InChI is InChI=1S/C19H26O5/c1-21-17(22-2)14-7-5-6-13-15-12-18(23-10-3-4-11-24-18)8-9-19(15,20)16(13)14/h5-7,15,17,20H,3-4,8-12H2,1-2H3/t15-,19+/m1/s1. The second kappa shape index (κ2) is 6.07. The molecule has 0 unspecified atom stereocenters. The van der Waals surface area contributed by atoms with Gasteiger partial charge in [-0.1, -0.05) is 18.2 Å². The van der Waals surface area contributed by atoms with Gasteiger partial charge in [0.2, 0.25) is 0 Å². The predicted molar refractivity (Wildman–Crippen MR) is 87.6 cm³/mol. The van der Waals surface area contributed by atoms with Crippen LogP contribution in [0.5, 0.6) is 0 Å². The third kappa shape index (κ3) is 2.34. The van der Waals surface area contributed by atoms with Crippen molar-refractivity contribution in [1.29, 1.82) is 0 Å². The van der Waals surface area contributed by atoms with Crippen molar-refractivity contribution < 1.29 is 24.1 Å². The number of methoxy groups -OCH3 is 2. The molecule has 1 aromatic rings. The molecule has 0 radical (unpaired) electrons. The van der Waals surface area contributed by atoms with E-state index in [0.29, 0.717) is 12.8 Å². The zero-order valence-electron chi connectivity index (χ0n) is 14.4. The number of fused-ring (bicyclic) bond motifs is 4. The first-order valence-corrected chi connectivity index (χ1v) is 8.83. The number of rotatable bonds is 3. The van der Waals surface area contributed by atoms with Gasteiger partial charge in [-0.15, -0.1) is 0 Å². The minimum Gasteiger partial charge on any atom is -0.384 e. The summed E-state index contributed by atoms with van der Waals surface area (Å²) in [5, 5.41) is 11.4. The number of hydrogen-bond donors (Lipinski definition) is 1. The Morgan fingerprint density at radius 2 is 1.83 bits per heavy atom. The van der Waals surface area contributed by atoms with Crippen LogP contribution in [0.1, 0.15) is 61.0 Å². The van der Waals surface area contributed by atoms with E-state index in [0.717, 1.165) is 43.6 Å². The summed E-state index contributed by atoms with van der Waals surface area (Å²) in [7, 11) is 3.24. The molecule has 2 aliphatic carbocycles. The normalized spacial score (nSPS) is 31.2. The van der Waals surface area contributed by atoms with E-state index >= 15 is 0 Å². The summed E-state index contributed by atoms with van der Waals surface area (Å²) in [6.45, 7) is 1.49. The van der Waals surface area contributed by atoms with Gasteiger partial charge in [0, 0.05) is 38.5 Å². The van der Waals surface area contributed by atoms with Gasteiger partial charge in [0.05, 0.1) is 18.8 Å². The minimum atomic E-state index is -0.828. The highest BCUT2D eigenvalue weighted by atomic mass is 16.7. The van der Waals surface area contributed by atoms with E-state index in [1.807, 2.05) is 12.1 Å². The molecule has 0 amide bonds. The highest BCUT2D eigenvalue weighted by molar-refractivity contribution is 5.53. The summed E-state index contributed by atoms with van der Waals surface area (Å²) in [5.74, 6) is -0.475. The van der Waals surface area contributed by atoms with E-state index in [-0.39, 0.29) is 5.92 Å². The van der Waals surface area contributed by atoms with Crippen molar-refractivity contribution in [1.82, 2.24) is 0 Å². The average molecular weight is 334 g/mol. The van der Waals surface area contributed by atoms with Crippen LogP contribution in [-0.4, -0.2) is 38.3 Å². The molecular weight excluding hydrogens is 308 g/mol. The molecule has 4 rings (SSSR count). The highest BCUT2D eigenvalue weighted by Crippen LogP contribution is 2.62. The Bertz CT molecular complexity index is 604. The fourth-order valence-corrected chi connectivity index (χ4v) is 4.68. The lowest BCUT2D eigenvalue weighted by Gasteiger charge is -2.56. The lowest BCUT2D eigenvalue weighted by Crippen LogP contribution is -2.55. The predicted octanol–water partition coefficient (Wildman–Crippen LogP) is 2.97. The molecule has 0 aromatic heterocycles. The average Bonchev–Trinajstić information content (AvgIpc) is 2.84. The number of aliphatic hydroxyl groups is 1. The molecule has 5 nitrogen and oxygen atoms in total. The monoisotopic (exact) mass is 334 g/mol. The molecule has 1 saturated heterocycles. The van der Waals surface area contributed by atoms with E-state index in [9.17, 15) is 5.11 Å². The van der Waals surface area contributed by atoms with E-state index < -0.39 is 17.7 Å². The topological polar surface area (TPSA) is 57.2 Å². The van der Waals surface area contributed by atoms with Gasteiger partial charge in [0.1, 0.15) is 0 Å². The molecule has 0 bridgehead atoms. The molecule has 2 fully saturated rings. The molecule has 5 heteroatoms. The maximum Gasteiger partial charge on any atom is 0.183 e. The summed E-state index contributed by atoms with van der Waals surface area (Å²) in [4.78, 5) is 0. The van der Waals surface area contributed by atoms with E-state index in [2.05, 4.69) is 6.07 Å². The van der Waals surface area contributed by atoms with Crippen LogP contribution in [0.2, 0.25) is 0 Å². The van der Waals surface area contributed by atoms with E-state index in [4.69, 9.17) is 18.9 Å². The molecular formula is C19H26O5. The van der Waals surface area contributed by atoms with Crippen LogP contribution >= 0.6 is 0 Å². The van der Waals surface area contributed by atoms with Crippen LogP contribution in [-0.2, 0) is 24.5 Å². The molecule has 1 spiro atoms. The summed E-state index contributed by atoms with van der Waals surface area (Å²) < 4.78 is 23.0. The molecule has 2 atom stereocenters. The Kier molecular flexibility index (Phi) is 4.17. The Hall–Kier alpha value is -0.980. The van der Waals surface area contributed by atoms with Crippen molar-refractivity contribution in [2.75, 3.05) is 27.4 Å². The van der Waals surface area contributed by atoms with Crippen LogP contribution in [0.25, 0.3) is 0 Å². The lowest BCUT2D eigenvalue weighted by atomic mass is 9.55. The van der Waals surface area contributed by atoms with Crippen LogP contribution < -0.4 is 0 Å². The van der Waals surface area contributed by atoms with Gasteiger partial charge < -0.3 is 24.1 Å². The fraction of sp³-hybridized carbons (Fsp3) is 0.684. The van der Waals surface area contributed by atoms with Crippen molar-refractivity contribution in [2.45, 2.75) is 55.7 Å². The maximum atomic E-state index is 11.4. The smallest absolute Gasteiger partial charge is 0.183 e. The molecule has 132 valence electrons. The Morgan fingerprint density at radius 3 is 2.50 bits per heavy atom. The Labute approximate surface area is 142 Å². The number of ether oxygens (including phenoxy) is 4. The first kappa shape index (κ1) is 16.5. The van der Waals surface area contributed by atoms with Gasteiger partial charge in [-0.3, -0.25) is 0 Å². The second-order valence-corrected chi connectivity index (χ2v) is 7.11. The van der Waals surface area contributed by atoms with Crippen LogP contribution in [0.15, 0.2) is 18.2 Å². The van der Waals surface area contributed by atoms with Gasteiger partial charge in [-0.25, -0.2) is 0 Å². The van der Waals surface area contributed by atoms with Crippen molar-refractivity contribution >= 4 is 0 Å². The van der Waals surface area contributed by atoms with Crippen LogP contribution in [0.3, 0.4) is 0 Å². The van der Waals surface area contributed by atoms with Gasteiger partial charge in [-0.05, 0) is 30.4 Å². The first-order chi connectivity index (χ1) is 11.6. The lowest BCUT2D eigenvalue weighted by molar-refractivity contribution is -0.269. The summed E-state index contributed by atoms with van der Waals surface area (Å²) in [5.41, 5.74) is 2.25. The molecule has 1 heterocycles. The zero-order valence-corrected chi connectivity index (χ0v) is 14.4. The van der Waals surface area contributed by atoms with Gasteiger partial charge in [-0.2, -0.15) is 0 Å². The SMILES string of the molecule is COC(OC)c1cccc2c1[C@]1(O)CCC3(C[C@H]21)OCCCCO3. The zero-order chi connectivity index (χ0) is 16.8. The number of hydrogen-bond acceptors (Lipinski definition) is 5. The first-order valence-electron chi connectivity index (χ1n) is 8.83. The maximum absolute atomic E-state index is 11.4. The van der Waals surface area contributed by atoms with E-state index in [1.54, 1.807) is 14.2 Å². The highest BCUT2D eigenvalue weighted by Gasteiger charge is 2.59. The van der Waals surface area contributed by atoms with Gasteiger partial charge >= 0.3 is 0 Å². The molecule has 1 aliphatic heterocycles. The molecule has 1 saturated carbocycles. The third-order valence-corrected chi connectivity index (χ3v) is 5.87. The van der Waals surface area contributed by atoms with Crippen LogP contribution in [0, 0.1) is 0 Å². The number of benzene rings is 1. The van der Waals surface area contributed by atoms with Crippen molar-refractivity contribution in [3.63, 3.8) is 0 Å². The largest absolute Gasteiger partial charge is 0.384 e. The summed E-state index contributed by atoms with van der Waals surface area (Å²) in [6.07, 6.45) is 3.71. The Balaban J connectivity index is 1.67. The van der Waals surface area contributed by atoms with Crippen molar-refractivity contribution in [3.8, 4) is 0 Å². The fourth-order valence-electron chi connectivity index (χ4n) is 4.68. The van der Waals surface area contributed by atoms with Crippen molar-refractivity contribution in [3.05, 3.63) is 34.9 Å². The van der Waals surface area contributed by atoms with Crippen LogP contribution in [0.4, 0.5) is 0 Å². The quantitative estimate of drug-likeness (QED) is 0.861. The van der Waals surface area contributed by atoms with Gasteiger partial charge in [0.25, 0.3) is 0 Å². The second-order valence-electron chi connectivity index (χ2n) is 7.11. The minimum absolute atomic E-state index is 0.0497. The summed E-state index contributed by atoms with van der Waals surface area (Å²) >= 11 is 0. The van der Waals surface area contributed by atoms with E-state index in [1.165, 1.54) is 5.56 Å². The van der Waals surface area contributed by atoms with Gasteiger partial charge in [0.15, 0.2) is 12.1 Å². The summed E-state index contributed by atoms with van der Waals surface area (Å²) in [6, 6.07) is 6.08.